The second kappa shape index (κ2) is 5.83. The van der Waals surface area contributed by atoms with Crippen LogP contribution in [0, 0.1) is 12.3 Å². The number of morpholine rings is 1. The van der Waals surface area contributed by atoms with Crippen molar-refractivity contribution >= 4 is 11.5 Å². The molecule has 0 unspecified atom stereocenters. The number of ether oxygens (including phenoxy) is 1. The third-order valence-electron chi connectivity index (χ3n) is 6.20. The van der Waals surface area contributed by atoms with Crippen molar-refractivity contribution in [2.24, 2.45) is 11.1 Å². The van der Waals surface area contributed by atoms with Gasteiger partial charge in [0.25, 0.3) is 0 Å². The van der Waals surface area contributed by atoms with Crippen LogP contribution in [0.1, 0.15) is 59.1 Å². The molecule has 144 valence electrons. The van der Waals surface area contributed by atoms with Gasteiger partial charge in [0.05, 0.1) is 22.6 Å². The molecule has 1 aliphatic heterocycles. The molecule has 2 saturated carbocycles. The number of aromatic nitrogens is 1. The standard InChI is InChI=1S/C21H34N4O/c1-14-17(24-16-10-21(11-16)8-15(22)9-21)6-7-18(23-14)25-12-19(2,3)26-20(4,5)13-25/h6-7,15-16,24H,8-13,22H2,1-5H3. The molecule has 1 saturated heterocycles. The number of nitrogens with zero attached hydrogens (tertiary/aromatic N) is 2. The summed E-state index contributed by atoms with van der Waals surface area (Å²) in [6, 6.07) is 5.38. The van der Waals surface area contributed by atoms with E-state index < -0.39 is 0 Å². The molecule has 0 amide bonds. The highest BCUT2D eigenvalue weighted by Gasteiger charge is 2.51. The summed E-state index contributed by atoms with van der Waals surface area (Å²) in [5.74, 6) is 1.05. The Bertz CT molecular complexity index is 669. The Morgan fingerprint density at radius 1 is 1.08 bits per heavy atom. The maximum Gasteiger partial charge on any atom is 0.129 e. The van der Waals surface area contributed by atoms with Gasteiger partial charge in [-0.3, -0.25) is 0 Å². The van der Waals surface area contributed by atoms with E-state index in [0.29, 0.717) is 17.5 Å². The van der Waals surface area contributed by atoms with Crippen LogP contribution in [0.4, 0.5) is 11.5 Å². The van der Waals surface area contributed by atoms with Crippen LogP contribution in [0.5, 0.6) is 0 Å². The van der Waals surface area contributed by atoms with Crippen molar-refractivity contribution in [2.75, 3.05) is 23.3 Å². The topological polar surface area (TPSA) is 63.4 Å². The van der Waals surface area contributed by atoms with Gasteiger partial charge in [-0.25, -0.2) is 4.98 Å². The fraction of sp³-hybridized carbons (Fsp3) is 0.762. The second-order valence-corrected chi connectivity index (χ2v) is 10.2. The van der Waals surface area contributed by atoms with Gasteiger partial charge in [0, 0.05) is 25.2 Å². The van der Waals surface area contributed by atoms with Gasteiger partial charge in [0.15, 0.2) is 0 Å². The Morgan fingerprint density at radius 2 is 1.69 bits per heavy atom. The fourth-order valence-electron chi connectivity index (χ4n) is 5.52. The minimum Gasteiger partial charge on any atom is -0.381 e. The zero-order chi connectivity index (χ0) is 18.7. The van der Waals surface area contributed by atoms with Gasteiger partial charge in [-0.15, -0.1) is 0 Å². The van der Waals surface area contributed by atoms with E-state index in [4.69, 9.17) is 15.5 Å². The van der Waals surface area contributed by atoms with Gasteiger partial charge >= 0.3 is 0 Å². The van der Waals surface area contributed by atoms with E-state index >= 15 is 0 Å². The minimum absolute atomic E-state index is 0.169. The first-order valence-corrected chi connectivity index (χ1v) is 10.00. The van der Waals surface area contributed by atoms with Crippen LogP contribution in [-0.4, -0.2) is 41.4 Å². The van der Waals surface area contributed by atoms with Gasteiger partial charge in [-0.05, 0) is 77.8 Å². The van der Waals surface area contributed by atoms with Crippen LogP contribution >= 0.6 is 0 Å². The monoisotopic (exact) mass is 358 g/mol. The summed E-state index contributed by atoms with van der Waals surface area (Å²) in [5.41, 5.74) is 8.44. The molecule has 5 heteroatoms. The van der Waals surface area contributed by atoms with Gasteiger partial charge < -0.3 is 20.7 Å². The van der Waals surface area contributed by atoms with Crippen LogP contribution < -0.4 is 16.0 Å². The van der Waals surface area contributed by atoms with Crippen molar-refractivity contribution in [3.8, 4) is 0 Å². The van der Waals surface area contributed by atoms with Crippen molar-refractivity contribution in [1.29, 1.82) is 0 Å². The first kappa shape index (κ1) is 18.1. The summed E-state index contributed by atoms with van der Waals surface area (Å²) >= 11 is 0. The number of nitrogens with two attached hydrogens (primary N) is 1. The number of pyridine rings is 1. The lowest BCUT2D eigenvalue weighted by Crippen LogP contribution is -2.57. The third kappa shape index (κ3) is 3.44. The molecule has 0 aromatic carbocycles. The maximum absolute atomic E-state index is 6.19. The Kier molecular flexibility index (Phi) is 4.05. The SMILES string of the molecule is Cc1nc(N2CC(C)(C)OC(C)(C)C2)ccc1NC1CC2(CC(N)C2)C1. The molecule has 4 rings (SSSR count). The fourth-order valence-corrected chi connectivity index (χ4v) is 5.52. The first-order chi connectivity index (χ1) is 12.0. The molecule has 1 spiro atoms. The largest absolute Gasteiger partial charge is 0.381 e. The van der Waals surface area contributed by atoms with Crippen LogP contribution in [-0.2, 0) is 4.74 Å². The van der Waals surface area contributed by atoms with E-state index in [1.54, 1.807) is 0 Å². The number of hydrogen-bond donors (Lipinski definition) is 2. The second-order valence-electron chi connectivity index (χ2n) is 10.2. The number of rotatable bonds is 3. The van der Waals surface area contributed by atoms with Crippen molar-refractivity contribution in [2.45, 2.75) is 83.6 Å². The summed E-state index contributed by atoms with van der Waals surface area (Å²) in [6.45, 7) is 12.5. The molecular formula is C21H34N4O. The van der Waals surface area contributed by atoms with Crippen molar-refractivity contribution in [3.05, 3.63) is 17.8 Å². The first-order valence-electron chi connectivity index (χ1n) is 10.00. The number of nitrogens with one attached hydrogen (secondary N) is 1. The Balaban J connectivity index is 1.42. The van der Waals surface area contributed by atoms with E-state index in [9.17, 15) is 0 Å². The molecule has 0 radical (unpaired) electrons. The number of hydrogen-bond acceptors (Lipinski definition) is 5. The highest BCUT2D eigenvalue weighted by molar-refractivity contribution is 5.55. The van der Waals surface area contributed by atoms with Gasteiger partial charge in [-0.2, -0.15) is 0 Å². The lowest BCUT2D eigenvalue weighted by molar-refractivity contribution is -0.133. The predicted molar refractivity (Wildman–Crippen MR) is 107 cm³/mol. The minimum atomic E-state index is -0.169. The zero-order valence-electron chi connectivity index (χ0n) is 16.9. The molecule has 1 aromatic rings. The molecule has 5 nitrogen and oxygen atoms in total. The quantitative estimate of drug-likeness (QED) is 0.866. The highest BCUT2D eigenvalue weighted by atomic mass is 16.5. The van der Waals surface area contributed by atoms with Crippen molar-refractivity contribution < 1.29 is 4.74 Å². The zero-order valence-corrected chi connectivity index (χ0v) is 16.9. The van der Waals surface area contributed by atoms with Gasteiger partial charge in [0.1, 0.15) is 5.82 Å². The van der Waals surface area contributed by atoms with Gasteiger partial charge in [0.2, 0.25) is 0 Å². The average molecular weight is 359 g/mol. The molecule has 2 heterocycles. The molecule has 2 aliphatic carbocycles. The lowest BCUT2D eigenvalue weighted by atomic mass is 9.52. The Morgan fingerprint density at radius 3 is 2.23 bits per heavy atom. The van der Waals surface area contributed by atoms with Crippen LogP contribution in [0.25, 0.3) is 0 Å². The molecule has 0 atom stereocenters. The summed E-state index contributed by atoms with van der Waals surface area (Å²) in [6.07, 6.45) is 4.94. The summed E-state index contributed by atoms with van der Waals surface area (Å²) in [4.78, 5) is 7.27. The highest BCUT2D eigenvalue weighted by Crippen LogP contribution is 2.55. The van der Waals surface area contributed by atoms with Crippen molar-refractivity contribution in [3.63, 3.8) is 0 Å². The van der Waals surface area contributed by atoms with E-state index in [1.807, 2.05) is 0 Å². The van der Waals surface area contributed by atoms with Crippen molar-refractivity contribution in [1.82, 2.24) is 4.98 Å². The molecule has 1 aromatic heterocycles. The van der Waals surface area contributed by atoms with E-state index in [0.717, 1.165) is 24.6 Å². The molecule has 26 heavy (non-hydrogen) atoms. The van der Waals surface area contributed by atoms with E-state index in [1.165, 1.54) is 31.4 Å². The summed E-state index contributed by atoms with van der Waals surface area (Å²) in [7, 11) is 0. The molecule has 3 aliphatic rings. The molecule has 3 N–H and O–H groups in total. The third-order valence-corrected chi connectivity index (χ3v) is 6.20. The molecule has 0 bridgehead atoms. The van der Waals surface area contributed by atoms with Gasteiger partial charge in [-0.1, -0.05) is 0 Å². The maximum atomic E-state index is 6.19. The van der Waals surface area contributed by atoms with E-state index in [-0.39, 0.29) is 11.2 Å². The average Bonchev–Trinajstić information content (AvgIpc) is 2.42. The van der Waals surface area contributed by atoms with E-state index in [2.05, 4.69) is 57.0 Å². The van der Waals surface area contributed by atoms with Crippen LogP contribution in [0.3, 0.4) is 0 Å². The number of anilines is 2. The molecular weight excluding hydrogens is 324 g/mol. The summed E-state index contributed by atoms with van der Waals surface area (Å²) < 4.78 is 6.19. The summed E-state index contributed by atoms with van der Waals surface area (Å²) in [5, 5.41) is 3.70. The molecule has 3 fully saturated rings. The van der Waals surface area contributed by atoms with Crippen LogP contribution in [0.15, 0.2) is 12.1 Å². The predicted octanol–water partition coefficient (Wildman–Crippen LogP) is 3.47. The smallest absolute Gasteiger partial charge is 0.129 e. The number of aryl methyl sites for hydroxylation is 1. The normalized spacial score (nSPS) is 34.9. The Labute approximate surface area is 157 Å². The Hall–Kier alpha value is -1.33. The lowest BCUT2D eigenvalue weighted by Gasteiger charge is -2.57. The van der Waals surface area contributed by atoms with Crippen LogP contribution in [0.2, 0.25) is 0 Å².